The molecule has 0 aliphatic carbocycles. The fourth-order valence-electron chi connectivity index (χ4n) is 1.55. The van der Waals surface area contributed by atoms with Gasteiger partial charge < -0.3 is 19.7 Å². The first-order valence-corrected chi connectivity index (χ1v) is 6.49. The highest BCUT2D eigenvalue weighted by molar-refractivity contribution is 5.61. The lowest BCUT2D eigenvalue weighted by molar-refractivity contribution is -0.385. The number of rotatable bonds is 9. The molecule has 1 rings (SSSR count). The standard InChI is InChI=1S/C12H21N5O4/c1-9-14-11(13-5-6-16(2)3)10(17(18)19)12(15-9)21-8-7-20-4/h5-8H2,1-4H3,(H,13,14,15). The number of aromatic nitrogens is 2. The molecule has 9 heteroatoms. The van der Waals surface area contributed by atoms with Gasteiger partial charge in [-0.25, -0.2) is 4.98 Å². The van der Waals surface area contributed by atoms with E-state index in [-0.39, 0.29) is 24.0 Å². The molecule has 0 aromatic carbocycles. The molecule has 9 nitrogen and oxygen atoms in total. The van der Waals surface area contributed by atoms with Crippen LogP contribution in [0.1, 0.15) is 5.82 Å². The number of nitrogens with one attached hydrogen (secondary N) is 1. The Labute approximate surface area is 123 Å². The van der Waals surface area contributed by atoms with Crippen molar-refractivity contribution in [3.05, 3.63) is 15.9 Å². The molecule has 1 N–H and O–H groups in total. The topological polar surface area (TPSA) is 103 Å². The maximum Gasteiger partial charge on any atom is 0.372 e. The number of hydrogen-bond donors (Lipinski definition) is 1. The summed E-state index contributed by atoms with van der Waals surface area (Å²) in [5.41, 5.74) is -0.254. The molecule has 118 valence electrons. The first kappa shape index (κ1) is 17.1. The van der Waals surface area contributed by atoms with E-state index in [4.69, 9.17) is 9.47 Å². The SMILES string of the molecule is COCCOc1nc(C)nc(NCCN(C)C)c1[N+](=O)[O-]. The molecule has 0 atom stereocenters. The predicted octanol–water partition coefficient (Wildman–Crippen LogP) is 0.692. The molecule has 0 saturated heterocycles. The average Bonchev–Trinajstić information content (AvgIpc) is 2.37. The van der Waals surface area contributed by atoms with Crippen LogP contribution in [0.15, 0.2) is 0 Å². The molecule has 21 heavy (non-hydrogen) atoms. The number of ether oxygens (including phenoxy) is 2. The lowest BCUT2D eigenvalue weighted by atomic mass is 10.4. The van der Waals surface area contributed by atoms with E-state index in [1.165, 1.54) is 7.11 Å². The molecule has 1 heterocycles. The Balaban J connectivity index is 2.96. The monoisotopic (exact) mass is 299 g/mol. The third-order valence-corrected chi connectivity index (χ3v) is 2.52. The highest BCUT2D eigenvalue weighted by Crippen LogP contribution is 2.31. The van der Waals surface area contributed by atoms with Crippen molar-refractivity contribution in [2.45, 2.75) is 6.92 Å². The summed E-state index contributed by atoms with van der Waals surface area (Å²) in [6.45, 7) is 3.42. The lowest BCUT2D eigenvalue weighted by Gasteiger charge is -2.12. The van der Waals surface area contributed by atoms with E-state index in [0.717, 1.165) is 6.54 Å². The summed E-state index contributed by atoms with van der Waals surface area (Å²) in [6.07, 6.45) is 0. The molecular formula is C12H21N5O4. The fourth-order valence-corrected chi connectivity index (χ4v) is 1.55. The van der Waals surface area contributed by atoms with Crippen molar-refractivity contribution in [1.29, 1.82) is 0 Å². The molecule has 1 aromatic heterocycles. The van der Waals surface area contributed by atoms with Crippen molar-refractivity contribution < 1.29 is 14.4 Å². The van der Waals surface area contributed by atoms with Gasteiger partial charge in [0.25, 0.3) is 5.88 Å². The molecule has 0 spiro atoms. The second-order valence-electron chi connectivity index (χ2n) is 4.60. The van der Waals surface area contributed by atoms with Gasteiger partial charge in [0, 0.05) is 20.2 Å². The smallest absolute Gasteiger partial charge is 0.372 e. The Morgan fingerprint density at radius 2 is 2.05 bits per heavy atom. The molecule has 0 fully saturated rings. The third-order valence-electron chi connectivity index (χ3n) is 2.52. The van der Waals surface area contributed by atoms with Crippen LogP contribution in [0.5, 0.6) is 5.88 Å². The molecule has 0 amide bonds. The minimum atomic E-state index is -0.542. The number of hydrogen-bond acceptors (Lipinski definition) is 8. The Morgan fingerprint density at radius 3 is 2.62 bits per heavy atom. The Kier molecular flexibility index (Phi) is 6.76. The highest BCUT2D eigenvalue weighted by atomic mass is 16.6. The van der Waals surface area contributed by atoms with E-state index in [1.807, 2.05) is 19.0 Å². The first-order valence-electron chi connectivity index (χ1n) is 6.49. The van der Waals surface area contributed by atoms with Crippen molar-refractivity contribution in [2.75, 3.05) is 52.8 Å². The molecular weight excluding hydrogens is 278 g/mol. The number of nitro groups is 1. The van der Waals surface area contributed by atoms with Crippen LogP contribution in [0, 0.1) is 17.0 Å². The zero-order valence-corrected chi connectivity index (χ0v) is 12.8. The number of methoxy groups -OCH3 is 1. The van der Waals surface area contributed by atoms with Gasteiger partial charge in [-0.15, -0.1) is 0 Å². The van der Waals surface area contributed by atoms with Crippen LogP contribution in [0.3, 0.4) is 0 Å². The van der Waals surface area contributed by atoms with Gasteiger partial charge in [0.15, 0.2) is 0 Å². The fraction of sp³-hybridized carbons (Fsp3) is 0.667. The van der Waals surface area contributed by atoms with Gasteiger partial charge in [-0.2, -0.15) is 4.98 Å². The summed E-state index contributed by atoms with van der Waals surface area (Å²) >= 11 is 0. The summed E-state index contributed by atoms with van der Waals surface area (Å²) in [5, 5.41) is 14.2. The van der Waals surface area contributed by atoms with Crippen molar-refractivity contribution in [3.63, 3.8) is 0 Å². The first-order chi connectivity index (χ1) is 9.95. The van der Waals surface area contributed by atoms with E-state index >= 15 is 0 Å². The largest absolute Gasteiger partial charge is 0.470 e. The van der Waals surface area contributed by atoms with Crippen LogP contribution in [0.4, 0.5) is 11.5 Å². The maximum atomic E-state index is 11.2. The third kappa shape index (κ3) is 5.48. The second kappa shape index (κ2) is 8.32. The summed E-state index contributed by atoms with van der Waals surface area (Å²) in [6, 6.07) is 0. The lowest BCUT2D eigenvalue weighted by Crippen LogP contribution is -2.22. The Hall–Kier alpha value is -2.00. The van der Waals surface area contributed by atoms with Crippen LogP contribution < -0.4 is 10.1 Å². The number of nitrogens with zero attached hydrogens (tertiary/aromatic N) is 4. The van der Waals surface area contributed by atoms with E-state index in [1.54, 1.807) is 6.92 Å². The van der Waals surface area contributed by atoms with Gasteiger partial charge in [0.2, 0.25) is 5.82 Å². The van der Waals surface area contributed by atoms with E-state index in [2.05, 4.69) is 15.3 Å². The maximum absolute atomic E-state index is 11.2. The number of aryl methyl sites for hydroxylation is 1. The van der Waals surface area contributed by atoms with Gasteiger partial charge in [0.1, 0.15) is 12.4 Å². The Bertz CT molecular complexity index is 481. The van der Waals surface area contributed by atoms with Crippen LogP contribution in [0.25, 0.3) is 0 Å². The van der Waals surface area contributed by atoms with E-state index in [9.17, 15) is 10.1 Å². The Morgan fingerprint density at radius 1 is 1.33 bits per heavy atom. The zero-order valence-electron chi connectivity index (χ0n) is 12.8. The van der Waals surface area contributed by atoms with Crippen LogP contribution >= 0.6 is 0 Å². The quantitative estimate of drug-likeness (QED) is 0.403. The number of anilines is 1. The summed E-state index contributed by atoms with van der Waals surface area (Å²) < 4.78 is 10.2. The second-order valence-corrected chi connectivity index (χ2v) is 4.60. The normalized spacial score (nSPS) is 10.7. The summed E-state index contributed by atoms with van der Waals surface area (Å²) in [4.78, 5) is 20.7. The van der Waals surface area contributed by atoms with Gasteiger partial charge in [-0.1, -0.05) is 0 Å². The summed E-state index contributed by atoms with van der Waals surface area (Å²) in [7, 11) is 5.36. The average molecular weight is 299 g/mol. The van der Waals surface area contributed by atoms with Gasteiger partial charge in [0.05, 0.1) is 11.5 Å². The van der Waals surface area contributed by atoms with Crippen LogP contribution in [0.2, 0.25) is 0 Å². The zero-order chi connectivity index (χ0) is 15.8. The minimum absolute atomic E-state index is 0.0445. The van der Waals surface area contributed by atoms with Crippen LogP contribution in [-0.2, 0) is 4.74 Å². The molecule has 0 aliphatic rings. The van der Waals surface area contributed by atoms with Crippen molar-refractivity contribution >= 4 is 11.5 Å². The van der Waals surface area contributed by atoms with Crippen molar-refractivity contribution in [3.8, 4) is 5.88 Å². The van der Waals surface area contributed by atoms with Crippen molar-refractivity contribution in [2.24, 2.45) is 0 Å². The predicted molar refractivity (Wildman–Crippen MR) is 77.8 cm³/mol. The minimum Gasteiger partial charge on any atom is -0.470 e. The van der Waals surface area contributed by atoms with Gasteiger partial charge in [-0.3, -0.25) is 10.1 Å². The molecule has 0 saturated carbocycles. The highest BCUT2D eigenvalue weighted by Gasteiger charge is 2.25. The summed E-state index contributed by atoms with van der Waals surface area (Å²) in [5.74, 6) is 0.527. The molecule has 1 aromatic rings. The number of likely N-dealkylation sites (N-methyl/N-ethyl adjacent to an activating group) is 1. The van der Waals surface area contributed by atoms with E-state index < -0.39 is 4.92 Å². The van der Waals surface area contributed by atoms with Crippen LogP contribution in [-0.4, -0.2) is 67.3 Å². The molecule has 0 bridgehead atoms. The van der Waals surface area contributed by atoms with Crippen molar-refractivity contribution in [1.82, 2.24) is 14.9 Å². The molecule has 0 radical (unpaired) electrons. The molecule has 0 unspecified atom stereocenters. The molecule has 0 aliphatic heterocycles. The van der Waals surface area contributed by atoms with Gasteiger partial charge >= 0.3 is 5.69 Å². The van der Waals surface area contributed by atoms with Gasteiger partial charge in [-0.05, 0) is 21.0 Å². The van der Waals surface area contributed by atoms with E-state index in [0.29, 0.717) is 19.0 Å².